The van der Waals surface area contributed by atoms with Crippen LogP contribution >= 0.6 is 0 Å². The number of nitrogens with zero attached hydrogens (tertiary/aromatic N) is 8. The van der Waals surface area contributed by atoms with Gasteiger partial charge in [-0.2, -0.15) is 10.5 Å². The van der Waals surface area contributed by atoms with Gasteiger partial charge in [0.2, 0.25) is 0 Å². The van der Waals surface area contributed by atoms with Crippen molar-refractivity contribution in [1.82, 2.24) is 9.80 Å². The zero-order chi connectivity index (χ0) is 76.6. The first-order chi connectivity index (χ1) is 51.1. The quantitative estimate of drug-likeness (QED) is 0.0127. The van der Waals surface area contributed by atoms with Gasteiger partial charge in [0.05, 0.1) is 60.4 Å². The van der Waals surface area contributed by atoms with Crippen molar-refractivity contribution in [1.29, 1.82) is 10.5 Å². The number of anilines is 4. The Labute approximate surface area is 617 Å². The second-order valence-electron chi connectivity index (χ2n) is 25.2. The number of aryl methyl sites for hydroxylation is 4. The molecular formula is C82H88N12O12. The summed E-state index contributed by atoms with van der Waals surface area (Å²) in [6.45, 7) is 29.5. The molecule has 0 saturated heterocycles. The summed E-state index contributed by atoms with van der Waals surface area (Å²) in [6, 6.07) is 43.4. The first-order valence-corrected chi connectivity index (χ1v) is 34.9. The predicted molar refractivity (Wildman–Crippen MR) is 413 cm³/mol. The third-order valence-electron chi connectivity index (χ3n) is 18.2. The number of amides is 2. The lowest BCUT2D eigenvalue weighted by Crippen LogP contribution is -2.50. The van der Waals surface area contributed by atoms with Gasteiger partial charge < -0.3 is 60.2 Å². The maximum absolute atomic E-state index is 14.5. The van der Waals surface area contributed by atoms with Crippen molar-refractivity contribution in [3.8, 4) is 46.6 Å². The lowest BCUT2D eigenvalue weighted by atomic mass is 9.73. The lowest BCUT2D eigenvalue weighted by molar-refractivity contribution is -0.385. The summed E-state index contributed by atoms with van der Waals surface area (Å²) in [6.07, 6.45) is 3.87. The number of nitro groups is 2. The number of non-ortho nitro benzene ring substituents is 2. The van der Waals surface area contributed by atoms with Crippen LogP contribution in [0, 0.1) is 70.6 Å². The molecule has 0 fully saturated rings. The van der Waals surface area contributed by atoms with E-state index in [1.165, 1.54) is 62.7 Å². The number of nitrogens with one attached hydrogen (secondary N) is 4. The lowest BCUT2D eigenvalue weighted by Gasteiger charge is -2.45. The van der Waals surface area contributed by atoms with E-state index in [9.17, 15) is 40.0 Å². The van der Waals surface area contributed by atoms with Crippen molar-refractivity contribution in [3.05, 3.63) is 257 Å². The van der Waals surface area contributed by atoms with E-state index in [0.29, 0.717) is 56.8 Å². The van der Waals surface area contributed by atoms with Gasteiger partial charge in [-0.25, -0.2) is 0 Å². The van der Waals surface area contributed by atoms with Gasteiger partial charge >= 0.3 is 0 Å². The van der Waals surface area contributed by atoms with Crippen LogP contribution in [0.3, 0.4) is 0 Å². The molecule has 8 aromatic rings. The van der Waals surface area contributed by atoms with Crippen LogP contribution in [0.1, 0.15) is 129 Å². The molecule has 0 unspecified atom stereocenters. The SMILES string of the molecule is C=CCOc1ccc([N+](=O)[O-])cc1C=NC[C@@H](O)CN1C(=O)c2ccccc2C12c1cc(C)c(NCC)cc1Oc1cc(NCC)c(C)cc12.C=CCOc1ccc([N+](=O)[O-])cc1C=NC[C@H](O)CN1C(=O)c2ccccc2C12c1cc(C)c(NCC)cc1Oc1cc(NCC)c(C)cc12.CC#N.CC#N. The minimum absolute atomic E-state index is 0.0550. The number of hydrogen-bond donors (Lipinski definition) is 6. The Bertz CT molecular complexity index is 4390. The minimum atomic E-state index is -1.11. The number of aliphatic hydroxyl groups is 2. The predicted octanol–water partition coefficient (Wildman–Crippen LogP) is 15.0. The van der Waals surface area contributed by atoms with Crippen molar-refractivity contribution in [2.24, 2.45) is 9.98 Å². The fourth-order valence-electron chi connectivity index (χ4n) is 13.9. The van der Waals surface area contributed by atoms with Crippen molar-refractivity contribution >= 4 is 58.4 Å². The van der Waals surface area contributed by atoms with Crippen LogP contribution in [0.25, 0.3) is 0 Å². The molecule has 24 heteroatoms. The maximum Gasteiger partial charge on any atom is 0.270 e. The molecule has 2 spiro atoms. The Morgan fingerprint density at radius 3 is 1.10 bits per heavy atom. The van der Waals surface area contributed by atoms with Crippen LogP contribution < -0.4 is 40.2 Å². The van der Waals surface area contributed by atoms with Crippen molar-refractivity contribution < 1.29 is 48.6 Å². The summed E-state index contributed by atoms with van der Waals surface area (Å²) in [7, 11) is 0. The molecule has 0 radical (unpaired) electrons. The van der Waals surface area contributed by atoms with E-state index in [1.807, 2.05) is 128 Å². The Morgan fingerprint density at radius 2 is 0.821 bits per heavy atom. The molecule has 2 amide bonds. The number of nitro benzene ring substituents is 2. The number of nitriles is 2. The number of β-amino-alcohol motifs (C(OH)–C–C–N with tert-alkyl or cyclic N) is 2. The third-order valence-corrected chi connectivity index (χ3v) is 18.2. The number of aliphatic imine (C=N–C) groups is 2. The Morgan fingerprint density at radius 1 is 0.519 bits per heavy atom. The molecule has 548 valence electrons. The topological polar surface area (TPSA) is 325 Å². The van der Waals surface area contributed by atoms with Crippen LogP contribution in [0.15, 0.2) is 169 Å². The summed E-state index contributed by atoms with van der Waals surface area (Å²) in [5, 5.41) is 74.4. The Hall–Kier alpha value is -12.4. The van der Waals surface area contributed by atoms with Crippen molar-refractivity contribution in [2.45, 2.75) is 92.5 Å². The first kappa shape index (κ1) is 77.8. The maximum atomic E-state index is 14.5. The molecule has 0 saturated carbocycles. The zero-order valence-electron chi connectivity index (χ0n) is 61.2. The highest BCUT2D eigenvalue weighted by Gasteiger charge is 2.58. The van der Waals surface area contributed by atoms with Crippen LogP contribution in [0.4, 0.5) is 34.1 Å². The van der Waals surface area contributed by atoms with E-state index >= 15 is 0 Å². The highest BCUT2D eigenvalue weighted by atomic mass is 16.6. The highest BCUT2D eigenvalue weighted by molar-refractivity contribution is 6.04. The monoisotopic (exact) mass is 1430 g/mol. The Kier molecular flexibility index (Phi) is 25.5. The fraction of sp³-hybridized carbons (Fsp3) is 0.293. The average Bonchev–Trinajstić information content (AvgIpc) is 1.46. The van der Waals surface area contributed by atoms with E-state index in [1.54, 1.807) is 34.1 Å². The summed E-state index contributed by atoms with van der Waals surface area (Å²) in [5.41, 5.74) is 11.9. The van der Waals surface area contributed by atoms with Gasteiger partial charge in [0, 0.05) is 168 Å². The molecule has 4 aliphatic rings. The summed E-state index contributed by atoms with van der Waals surface area (Å²) >= 11 is 0. The Balaban J connectivity index is 0.000000228. The van der Waals surface area contributed by atoms with E-state index in [4.69, 9.17) is 29.5 Å². The largest absolute Gasteiger partial charge is 0.489 e. The van der Waals surface area contributed by atoms with Gasteiger partial charge in [-0.3, -0.25) is 39.8 Å². The van der Waals surface area contributed by atoms with Crippen LogP contribution in [-0.4, -0.2) is 132 Å². The van der Waals surface area contributed by atoms with E-state index in [-0.39, 0.29) is 62.6 Å². The average molecular weight is 1430 g/mol. The second-order valence-corrected chi connectivity index (χ2v) is 25.2. The summed E-state index contributed by atoms with van der Waals surface area (Å²) < 4.78 is 24.7. The molecule has 0 bridgehead atoms. The van der Waals surface area contributed by atoms with Crippen molar-refractivity contribution in [3.63, 3.8) is 0 Å². The number of benzene rings is 8. The number of carbonyl (C=O) groups excluding carboxylic acids is 2. The molecule has 4 heterocycles. The van der Waals surface area contributed by atoms with Gasteiger partial charge in [-0.05, 0) is 137 Å². The molecule has 4 aliphatic heterocycles. The molecule has 8 aromatic carbocycles. The first-order valence-electron chi connectivity index (χ1n) is 34.9. The molecule has 12 rings (SSSR count). The number of rotatable bonds is 26. The zero-order valence-corrected chi connectivity index (χ0v) is 61.2. The summed E-state index contributed by atoms with van der Waals surface area (Å²) in [5.74, 6) is 2.82. The number of carbonyl (C=O) groups is 2. The number of hydrogen-bond acceptors (Lipinski definition) is 20. The van der Waals surface area contributed by atoms with Crippen LogP contribution in [-0.2, 0) is 11.1 Å². The van der Waals surface area contributed by atoms with Crippen LogP contribution in [0.5, 0.6) is 34.5 Å². The number of ether oxygens (including phenoxy) is 4. The highest BCUT2D eigenvalue weighted by Crippen LogP contribution is 2.61. The third kappa shape index (κ3) is 15.6. The molecule has 24 nitrogen and oxygen atoms in total. The van der Waals surface area contributed by atoms with E-state index < -0.39 is 33.1 Å². The minimum Gasteiger partial charge on any atom is -0.489 e. The molecule has 2 atom stereocenters. The van der Waals surface area contributed by atoms with Gasteiger partial charge in [0.25, 0.3) is 23.2 Å². The normalized spacial score (nSPS) is 13.8. The van der Waals surface area contributed by atoms with Gasteiger partial charge in [-0.15, -0.1) is 0 Å². The van der Waals surface area contributed by atoms with E-state index in [2.05, 4.69) is 68.7 Å². The second kappa shape index (κ2) is 34.7. The van der Waals surface area contributed by atoms with Crippen molar-refractivity contribution in [2.75, 3.05) is 86.8 Å². The molecule has 0 aliphatic carbocycles. The van der Waals surface area contributed by atoms with Gasteiger partial charge in [0.15, 0.2) is 0 Å². The number of fused-ring (bicyclic) bond motifs is 12. The number of aliphatic hydroxyl groups excluding tert-OH is 2. The molecule has 6 N–H and O–H groups in total. The summed E-state index contributed by atoms with van der Waals surface area (Å²) in [4.78, 5) is 63.3. The van der Waals surface area contributed by atoms with Gasteiger partial charge in [-0.1, -0.05) is 61.7 Å². The standard InChI is InChI=1S/2C39H41N5O6.2C2H3N/c2*1-6-15-49-35-14-13-27(44(47)48)18-26(35)21-40-22-28(45)23-43-38(46)29-11-9-10-12-30(29)39(43)31-16-24(4)33(41-7-2)19-36(31)50-37-20-34(42-8-3)25(5)17-32(37)39;2*1-2-3/h2*6,9-14,16-21,28,41-42,45H,1,7-8,15,22-23H2,2-5H3;2*1H3/t2*28-;;/m10../s1. The molecular weight excluding hydrogens is 1340 g/mol. The molecule has 106 heavy (non-hydrogen) atoms. The molecule has 0 aromatic heterocycles. The smallest absolute Gasteiger partial charge is 0.270 e. The fourth-order valence-corrected chi connectivity index (χ4v) is 13.9. The van der Waals surface area contributed by atoms with Crippen LogP contribution in [0.2, 0.25) is 0 Å². The van der Waals surface area contributed by atoms with Gasteiger partial charge in [0.1, 0.15) is 58.8 Å². The van der Waals surface area contributed by atoms with E-state index in [0.717, 1.165) is 105 Å².